The van der Waals surface area contributed by atoms with E-state index in [1.54, 1.807) is 0 Å². The molecule has 0 bridgehead atoms. The first-order chi connectivity index (χ1) is 7.93. The van der Waals surface area contributed by atoms with E-state index in [0.29, 0.717) is 0 Å². The molecule has 0 amide bonds. The summed E-state index contributed by atoms with van der Waals surface area (Å²) in [5.41, 5.74) is 5.58. The van der Waals surface area contributed by atoms with E-state index in [1.807, 2.05) is 0 Å². The largest absolute Gasteiger partial charge is 0.253 e. The molecule has 1 heterocycles. The highest BCUT2D eigenvalue weighted by Crippen LogP contribution is 2.60. The quantitative estimate of drug-likeness (QED) is 0.660. The van der Waals surface area contributed by atoms with Crippen LogP contribution in [-0.4, -0.2) is 9.97 Å². The maximum absolute atomic E-state index is 4.97. The Hall–Kier alpha value is -0.920. The molecule has 2 fully saturated rings. The van der Waals surface area contributed by atoms with Crippen LogP contribution >= 0.6 is 0 Å². The van der Waals surface area contributed by atoms with Crippen LogP contribution in [0.4, 0.5) is 0 Å². The fourth-order valence-electron chi connectivity index (χ4n) is 4.62. The summed E-state index contributed by atoms with van der Waals surface area (Å²) in [5.74, 6) is 3.20. The van der Waals surface area contributed by atoms with Crippen LogP contribution in [0, 0.1) is 0 Å². The second kappa shape index (κ2) is 2.49. The Balaban J connectivity index is 1.67. The summed E-state index contributed by atoms with van der Waals surface area (Å²) < 4.78 is 0. The zero-order valence-electron chi connectivity index (χ0n) is 9.45. The molecule has 0 saturated heterocycles. The van der Waals surface area contributed by atoms with E-state index in [2.05, 4.69) is 0 Å². The van der Waals surface area contributed by atoms with E-state index in [4.69, 9.17) is 9.97 Å². The van der Waals surface area contributed by atoms with Gasteiger partial charge < -0.3 is 0 Å². The highest BCUT2D eigenvalue weighted by Gasteiger charge is 2.50. The highest BCUT2D eigenvalue weighted by atomic mass is 14.9. The van der Waals surface area contributed by atoms with Gasteiger partial charge in [-0.1, -0.05) is 12.8 Å². The lowest BCUT2D eigenvalue weighted by Gasteiger charge is -2.39. The second-order valence-corrected chi connectivity index (χ2v) is 6.05. The first kappa shape index (κ1) is 8.21. The summed E-state index contributed by atoms with van der Waals surface area (Å²) in [7, 11) is 0. The number of aromatic nitrogens is 2. The summed E-state index contributed by atoms with van der Waals surface area (Å²) in [5, 5.41) is 0. The molecule has 5 rings (SSSR count). The molecule has 4 unspecified atom stereocenters. The Morgan fingerprint density at radius 1 is 0.562 bits per heavy atom. The summed E-state index contributed by atoms with van der Waals surface area (Å²) in [4.78, 5) is 9.94. The number of nitrogens with zero attached hydrogens (tertiary/aromatic N) is 2. The van der Waals surface area contributed by atoms with E-state index in [9.17, 15) is 0 Å². The Morgan fingerprint density at radius 3 is 1.19 bits per heavy atom. The molecule has 0 aromatic carbocycles. The molecule has 2 heteroatoms. The standard InChI is InChI=1S/C14H16N2/c1-3-7-8(4-1)12-11(7)15-13-9-5-2-6-10(9)14(13)16-12/h7-10H,1-6H2. The van der Waals surface area contributed by atoms with Gasteiger partial charge in [0.15, 0.2) is 0 Å². The van der Waals surface area contributed by atoms with Crippen LogP contribution < -0.4 is 0 Å². The zero-order chi connectivity index (χ0) is 10.3. The van der Waals surface area contributed by atoms with E-state index in [-0.39, 0.29) is 0 Å². The third kappa shape index (κ3) is 0.732. The van der Waals surface area contributed by atoms with Gasteiger partial charge in [0, 0.05) is 23.7 Å². The Labute approximate surface area is 95.5 Å². The van der Waals surface area contributed by atoms with Crippen LogP contribution in [0.1, 0.15) is 85.0 Å². The molecule has 0 aliphatic heterocycles. The number of hydrogen-bond acceptors (Lipinski definition) is 2. The lowest BCUT2D eigenvalue weighted by atomic mass is 9.72. The van der Waals surface area contributed by atoms with Crippen LogP contribution in [0.25, 0.3) is 0 Å². The van der Waals surface area contributed by atoms with Crippen molar-refractivity contribution in [2.24, 2.45) is 0 Å². The Morgan fingerprint density at radius 2 is 0.875 bits per heavy atom. The molecule has 0 spiro atoms. The predicted molar refractivity (Wildman–Crippen MR) is 60.7 cm³/mol. The van der Waals surface area contributed by atoms with E-state index in [1.165, 1.54) is 61.3 Å². The molecular weight excluding hydrogens is 196 g/mol. The van der Waals surface area contributed by atoms with Gasteiger partial charge in [-0.05, 0) is 25.7 Å². The molecule has 4 aliphatic carbocycles. The van der Waals surface area contributed by atoms with E-state index in [0.717, 1.165) is 23.7 Å². The van der Waals surface area contributed by atoms with Crippen molar-refractivity contribution in [1.82, 2.24) is 9.97 Å². The molecule has 0 radical (unpaired) electrons. The van der Waals surface area contributed by atoms with E-state index >= 15 is 0 Å². The molecule has 4 atom stereocenters. The number of fused-ring (bicyclic) bond motifs is 8. The second-order valence-electron chi connectivity index (χ2n) is 6.05. The van der Waals surface area contributed by atoms with Crippen molar-refractivity contribution in [3.8, 4) is 0 Å². The minimum atomic E-state index is 0.799. The normalized spacial score (nSPS) is 41.5. The lowest BCUT2D eigenvalue weighted by Crippen LogP contribution is -2.32. The van der Waals surface area contributed by atoms with Gasteiger partial charge in [0.2, 0.25) is 0 Å². The fraction of sp³-hybridized carbons (Fsp3) is 0.714. The minimum Gasteiger partial charge on any atom is -0.253 e. The lowest BCUT2D eigenvalue weighted by molar-refractivity contribution is 0.435. The van der Waals surface area contributed by atoms with Gasteiger partial charge in [0.1, 0.15) is 0 Å². The number of rotatable bonds is 0. The van der Waals surface area contributed by atoms with Crippen LogP contribution in [0.3, 0.4) is 0 Å². The average molecular weight is 212 g/mol. The van der Waals surface area contributed by atoms with Crippen molar-refractivity contribution < 1.29 is 0 Å². The minimum absolute atomic E-state index is 0.799. The molecule has 0 N–H and O–H groups in total. The molecule has 2 saturated carbocycles. The van der Waals surface area contributed by atoms with Crippen molar-refractivity contribution in [3.05, 3.63) is 22.8 Å². The van der Waals surface area contributed by atoms with Crippen molar-refractivity contribution in [2.45, 2.75) is 62.2 Å². The molecule has 1 aromatic heterocycles. The smallest absolute Gasteiger partial charge is 0.0663 e. The average Bonchev–Trinajstić information content (AvgIpc) is 2.86. The van der Waals surface area contributed by atoms with E-state index < -0.39 is 0 Å². The van der Waals surface area contributed by atoms with Crippen LogP contribution in [-0.2, 0) is 0 Å². The van der Waals surface area contributed by atoms with Crippen molar-refractivity contribution in [2.75, 3.05) is 0 Å². The zero-order valence-corrected chi connectivity index (χ0v) is 9.45. The summed E-state index contributed by atoms with van der Waals surface area (Å²) in [6.45, 7) is 0. The maximum atomic E-state index is 4.97. The molecule has 2 nitrogen and oxygen atoms in total. The monoisotopic (exact) mass is 212 g/mol. The Kier molecular flexibility index (Phi) is 1.28. The SMILES string of the molecule is C1CC2c3nc4c(nc3C2C1)C1CCCC41. The van der Waals surface area contributed by atoms with Gasteiger partial charge >= 0.3 is 0 Å². The van der Waals surface area contributed by atoms with Gasteiger partial charge in [0.05, 0.1) is 22.8 Å². The third-order valence-electron chi connectivity index (χ3n) is 5.44. The third-order valence-corrected chi connectivity index (χ3v) is 5.44. The number of hydrogen-bond donors (Lipinski definition) is 0. The molecule has 82 valence electrons. The van der Waals surface area contributed by atoms with Gasteiger partial charge in [-0.15, -0.1) is 0 Å². The summed E-state index contributed by atoms with van der Waals surface area (Å²) in [6.07, 6.45) is 8.28. The first-order valence-electron chi connectivity index (χ1n) is 6.85. The van der Waals surface area contributed by atoms with Gasteiger partial charge in [-0.25, -0.2) is 0 Å². The summed E-state index contributed by atoms with van der Waals surface area (Å²) >= 11 is 0. The molecule has 1 aromatic rings. The maximum Gasteiger partial charge on any atom is 0.0663 e. The van der Waals surface area contributed by atoms with Crippen molar-refractivity contribution >= 4 is 0 Å². The molecular formula is C14H16N2. The van der Waals surface area contributed by atoms with Gasteiger partial charge in [-0.2, -0.15) is 0 Å². The summed E-state index contributed by atoms with van der Waals surface area (Å²) in [6, 6.07) is 0. The van der Waals surface area contributed by atoms with Crippen molar-refractivity contribution in [1.29, 1.82) is 0 Å². The topological polar surface area (TPSA) is 25.8 Å². The Bertz CT molecular complexity index is 410. The van der Waals surface area contributed by atoms with Crippen LogP contribution in [0.5, 0.6) is 0 Å². The van der Waals surface area contributed by atoms with Gasteiger partial charge in [0.25, 0.3) is 0 Å². The fourth-order valence-corrected chi connectivity index (χ4v) is 4.62. The van der Waals surface area contributed by atoms with Crippen LogP contribution in [0.2, 0.25) is 0 Å². The highest BCUT2D eigenvalue weighted by molar-refractivity contribution is 5.45. The predicted octanol–water partition coefficient (Wildman–Crippen LogP) is 3.21. The molecule has 4 aliphatic rings. The van der Waals surface area contributed by atoms with Crippen LogP contribution in [0.15, 0.2) is 0 Å². The van der Waals surface area contributed by atoms with Gasteiger partial charge in [-0.3, -0.25) is 9.97 Å². The molecule has 16 heavy (non-hydrogen) atoms. The van der Waals surface area contributed by atoms with Crippen molar-refractivity contribution in [3.63, 3.8) is 0 Å². The first-order valence-corrected chi connectivity index (χ1v) is 6.85.